The van der Waals surface area contributed by atoms with Crippen molar-refractivity contribution in [1.29, 1.82) is 0 Å². The van der Waals surface area contributed by atoms with Crippen LogP contribution in [0.2, 0.25) is 0 Å². The van der Waals surface area contributed by atoms with Gasteiger partial charge in [-0.3, -0.25) is 4.79 Å². The van der Waals surface area contributed by atoms with Crippen molar-refractivity contribution in [2.75, 3.05) is 11.9 Å². The predicted octanol–water partition coefficient (Wildman–Crippen LogP) is 3.97. The maximum atomic E-state index is 12.2. The van der Waals surface area contributed by atoms with E-state index in [-0.39, 0.29) is 12.3 Å². The summed E-state index contributed by atoms with van der Waals surface area (Å²) in [5.74, 6) is 0.731. The first-order valence-corrected chi connectivity index (χ1v) is 10.0. The minimum atomic E-state index is -0.0228. The molecule has 0 aliphatic carbocycles. The zero-order chi connectivity index (χ0) is 19.3. The van der Waals surface area contributed by atoms with Gasteiger partial charge in [0, 0.05) is 34.7 Å². The third-order valence-corrected chi connectivity index (χ3v) is 5.21. The number of carbonyl (C=O) groups excluding carboxylic acids is 1. The van der Waals surface area contributed by atoms with Crippen LogP contribution >= 0.6 is 11.3 Å². The van der Waals surface area contributed by atoms with Crippen molar-refractivity contribution in [2.45, 2.75) is 19.8 Å². The molecule has 0 saturated carbocycles. The first-order valence-electron chi connectivity index (χ1n) is 9.14. The highest BCUT2D eigenvalue weighted by Crippen LogP contribution is 2.20. The maximum absolute atomic E-state index is 12.2. The van der Waals surface area contributed by atoms with Crippen molar-refractivity contribution in [2.24, 2.45) is 0 Å². The number of hydrogen-bond acceptors (Lipinski definition) is 5. The van der Waals surface area contributed by atoms with Crippen molar-refractivity contribution in [3.63, 3.8) is 0 Å². The van der Waals surface area contributed by atoms with Crippen molar-refractivity contribution >= 4 is 39.1 Å². The number of aromatic amines is 1. The lowest BCUT2D eigenvalue weighted by atomic mass is 10.1. The van der Waals surface area contributed by atoms with Gasteiger partial charge >= 0.3 is 0 Å². The monoisotopic (exact) mass is 391 g/mol. The Morgan fingerprint density at radius 3 is 2.93 bits per heavy atom. The van der Waals surface area contributed by atoms with E-state index in [1.165, 1.54) is 22.3 Å². The van der Waals surface area contributed by atoms with Crippen molar-refractivity contribution < 1.29 is 4.79 Å². The summed E-state index contributed by atoms with van der Waals surface area (Å²) in [6, 6.07) is 14.0. The predicted molar refractivity (Wildman–Crippen MR) is 113 cm³/mol. The van der Waals surface area contributed by atoms with E-state index >= 15 is 0 Å². The number of H-pyrrole nitrogens is 1. The number of nitrogens with one attached hydrogen (secondary N) is 3. The molecule has 0 aliphatic rings. The molecule has 0 unspecified atom stereocenters. The van der Waals surface area contributed by atoms with Crippen molar-refractivity contribution in [1.82, 2.24) is 20.3 Å². The highest BCUT2D eigenvalue weighted by Gasteiger charge is 2.09. The number of rotatable bonds is 7. The molecule has 1 aromatic carbocycles. The summed E-state index contributed by atoms with van der Waals surface area (Å²) in [6.45, 7) is 2.54. The molecule has 0 saturated heterocycles. The van der Waals surface area contributed by atoms with Gasteiger partial charge in [0.15, 0.2) is 5.13 Å². The Bertz CT molecular complexity index is 1100. The summed E-state index contributed by atoms with van der Waals surface area (Å²) >= 11 is 1.47. The molecule has 3 heterocycles. The van der Waals surface area contributed by atoms with Crippen LogP contribution in [0.15, 0.2) is 54.0 Å². The normalized spacial score (nSPS) is 10.9. The third kappa shape index (κ3) is 4.37. The number of amides is 1. The largest absolute Gasteiger partial charge is 0.361 e. The molecule has 4 rings (SSSR count). The van der Waals surface area contributed by atoms with E-state index in [2.05, 4.69) is 37.7 Å². The van der Waals surface area contributed by atoms with Gasteiger partial charge in [0.1, 0.15) is 5.82 Å². The molecule has 28 heavy (non-hydrogen) atoms. The molecule has 0 radical (unpaired) electrons. The highest BCUT2D eigenvalue weighted by molar-refractivity contribution is 7.13. The van der Waals surface area contributed by atoms with Crippen LogP contribution in [0, 0.1) is 6.92 Å². The Labute approximate surface area is 167 Å². The number of anilines is 2. The maximum Gasteiger partial charge on any atom is 0.226 e. The van der Waals surface area contributed by atoms with Crippen molar-refractivity contribution in [3.8, 4) is 0 Å². The Hall–Kier alpha value is -3.19. The number of hydrogen-bond donors (Lipinski definition) is 3. The van der Waals surface area contributed by atoms with E-state index in [0.29, 0.717) is 6.54 Å². The molecule has 4 aromatic rings. The highest BCUT2D eigenvalue weighted by atomic mass is 32.1. The number of nitrogens with zero attached hydrogens (tertiary/aromatic N) is 2. The quantitative estimate of drug-likeness (QED) is 0.445. The second-order valence-corrected chi connectivity index (χ2v) is 7.43. The van der Waals surface area contributed by atoms with Crippen LogP contribution in [-0.2, 0) is 17.6 Å². The minimum Gasteiger partial charge on any atom is -0.361 e. The summed E-state index contributed by atoms with van der Waals surface area (Å²) in [5.41, 5.74) is 4.03. The molecule has 1 amide bonds. The van der Waals surface area contributed by atoms with Crippen molar-refractivity contribution in [3.05, 3.63) is 71.0 Å². The number of benzene rings is 1. The zero-order valence-corrected chi connectivity index (χ0v) is 16.3. The first kappa shape index (κ1) is 18.2. The summed E-state index contributed by atoms with van der Waals surface area (Å²) in [5, 5.41) is 10.00. The number of pyridine rings is 1. The molecule has 3 aromatic heterocycles. The molecule has 3 N–H and O–H groups in total. The Balaban J connectivity index is 1.28. The Morgan fingerprint density at radius 1 is 1.14 bits per heavy atom. The van der Waals surface area contributed by atoms with E-state index in [1.54, 1.807) is 0 Å². The lowest BCUT2D eigenvalue weighted by Gasteiger charge is -2.04. The third-order valence-electron chi connectivity index (χ3n) is 4.41. The Kier molecular flexibility index (Phi) is 5.34. The fourth-order valence-electron chi connectivity index (χ4n) is 3.07. The molecule has 0 spiro atoms. The summed E-state index contributed by atoms with van der Waals surface area (Å²) in [6.07, 6.45) is 3.07. The SMILES string of the molecule is Cc1cccc(Nc2nc(CC(=O)NCCc3c[nH]c4ccccc34)cs2)n1. The average molecular weight is 392 g/mol. The number of thiazole rings is 1. The van der Waals surface area contributed by atoms with Gasteiger partial charge in [0.05, 0.1) is 12.1 Å². The van der Waals surface area contributed by atoms with Gasteiger partial charge in [-0.2, -0.15) is 0 Å². The Morgan fingerprint density at radius 2 is 2.04 bits per heavy atom. The summed E-state index contributed by atoms with van der Waals surface area (Å²) < 4.78 is 0. The number of aromatic nitrogens is 3. The number of aryl methyl sites for hydroxylation is 1. The minimum absolute atomic E-state index is 0.0228. The van der Waals surface area contributed by atoms with Crippen LogP contribution in [0.1, 0.15) is 17.0 Å². The molecule has 0 atom stereocenters. The van der Waals surface area contributed by atoms with Crippen LogP contribution in [0.5, 0.6) is 0 Å². The van der Waals surface area contributed by atoms with E-state index in [0.717, 1.165) is 34.3 Å². The van der Waals surface area contributed by atoms with Gasteiger partial charge in [-0.25, -0.2) is 9.97 Å². The lowest BCUT2D eigenvalue weighted by molar-refractivity contribution is -0.120. The first-order chi connectivity index (χ1) is 13.7. The topological polar surface area (TPSA) is 82.7 Å². The van der Waals surface area contributed by atoms with E-state index in [1.807, 2.05) is 48.8 Å². The second-order valence-electron chi connectivity index (χ2n) is 6.57. The van der Waals surface area contributed by atoms with Gasteiger partial charge in [-0.05, 0) is 37.1 Å². The number of para-hydroxylation sites is 1. The molecule has 0 aliphatic heterocycles. The van der Waals surface area contributed by atoms with Crippen LogP contribution in [0.3, 0.4) is 0 Å². The van der Waals surface area contributed by atoms with Gasteiger partial charge in [0.2, 0.25) is 5.91 Å². The molecular weight excluding hydrogens is 370 g/mol. The van der Waals surface area contributed by atoms with Gasteiger partial charge in [-0.15, -0.1) is 11.3 Å². The fraction of sp³-hybridized carbons (Fsp3) is 0.190. The van der Waals surface area contributed by atoms with Crippen LogP contribution in [0.25, 0.3) is 10.9 Å². The van der Waals surface area contributed by atoms with E-state index < -0.39 is 0 Å². The molecule has 0 bridgehead atoms. The molecule has 142 valence electrons. The van der Waals surface area contributed by atoms with Crippen LogP contribution in [0.4, 0.5) is 10.9 Å². The van der Waals surface area contributed by atoms with Crippen LogP contribution < -0.4 is 10.6 Å². The molecule has 0 fully saturated rings. The van der Waals surface area contributed by atoms with Gasteiger partial charge < -0.3 is 15.6 Å². The lowest BCUT2D eigenvalue weighted by Crippen LogP contribution is -2.27. The number of fused-ring (bicyclic) bond motifs is 1. The zero-order valence-electron chi connectivity index (χ0n) is 15.5. The molecule has 6 nitrogen and oxygen atoms in total. The fourth-order valence-corrected chi connectivity index (χ4v) is 3.79. The van der Waals surface area contributed by atoms with Crippen LogP contribution in [-0.4, -0.2) is 27.4 Å². The molecular formula is C21H21N5OS. The molecule has 7 heteroatoms. The average Bonchev–Trinajstić information content (AvgIpc) is 3.29. The van der Waals surface area contributed by atoms with Gasteiger partial charge in [-0.1, -0.05) is 24.3 Å². The van der Waals surface area contributed by atoms with Gasteiger partial charge in [0.25, 0.3) is 0 Å². The summed E-state index contributed by atoms with van der Waals surface area (Å²) in [4.78, 5) is 24.4. The number of carbonyl (C=O) groups is 1. The smallest absolute Gasteiger partial charge is 0.226 e. The van der Waals surface area contributed by atoms with E-state index in [9.17, 15) is 4.79 Å². The van der Waals surface area contributed by atoms with E-state index in [4.69, 9.17) is 0 Å². The standard InChI is InChI=1S/C21H21N5OS/c1-14-5-4-8-19(24-14)26-21-25-16(13-28-21)11-20(27)22-10-9-15-12-23-18-7-3-2-6-17(15)18/h2-8,12-13,23H,9-11H2,1H3,(H,22,27)(H,24,25,26). The second kappa shape index (κ2) is 8.22. The summed E-state index contributed by atoms with van der Waals surface area (Å²) in [7, 11) is 0.